The number of hydrogen-bond acceptors (Lipinski definition) is 1. The minimum atomic E-state index is -0.548. The van der Waals surface area contributed by atoms with E-state index in [2.05, 4.69) is 37.4 Å². The quantitative estimate of drug-likeness (QED) is 0.870. The van der Waals surface area contributed by atoms with Crippen LogP contribution in [0.3, 0.4) is 0 Å². The largest absolute Gasteiger partial charge is 0.306 e. The second-order valence-corrected chi connectivity index (χ2v) is 5.20. The van der Waals surface area contributed by atoms with Gasteiger partial charge >= 0.3 is 0 Å². The second kappa shape index (κ2) is 6.14. The highest BCUT2D eigenvalue weighted by atomic mass is 19.1. The van der Waals surface area contributed by atoms with E-state index in [0.29, 0.717) is 12.1 Å². The summed E-state index contributed by atoms with van der Waals surface area (Å²) in [5.74, 6) is -1.06. The molecule has 1 unspecified atom stereocenters. The van der Waals surface area contributed by atoms with Crippen LogP contribution in [0.5, 0.6) is 0 Å². The summed E-state index contributed by atoms with van der Waals surface area (Å²) in [5.41, 5.74) is 4.11. The molecule has 0 radical (unpaired) electrons. The van der Waals surface area contributed by atoms with Gasteiger partial charge in [0.25, 0.3) is 0 Å². The maximum atomic E-state index is 13.6. The van der Waals surface area contributed by atoms with Gasteiger partial charge in [0.15, 0.2) is 0 Å². The summed E-state index contributed by atoms with van der Waals surface area (Å²) in [6.07, 6.45) is 0. The lowest BCUT2D eigenvalue weighted by molar-refractivity contribution is 0.532. The molecule has 0 amide bonds. The first-order chi connectivity index (χ1) is 9.47. The molecule has 0 aliphatic carbocycles. The van der Waals surface area contributed by atoms with E-state index in [1.165, 1.54) is 28.8 Å². The minimum Gasteiger partial charge on any atom is -0.306 e. The van der Waals surface area contributed by atoms with Gasteiger partial charge < -0.3 is 5.32 Å². The number of hydrogen-bond donors (Lipinski definition) is 1. The van der Waals surface area contributed by atoms with Gasteiger partial charge in [-0.3, -0.25) is 0 Å². The minimum absolute atomic E-state index is 0.111. The third-order valence-corrected chi connectivity index (χ3v) is 3.51. The summed E-state index contributed by atoms with van der Waals surface area (Å²) in [4.78, 5) is 0. The third kappa shape index (κ3) is 3.42. The summed E-state index contributed by atoms with van der Waals surface area (Å²) in [6, 6.07) is 10.1. The molecule has 0 bridgehead atoms. The average molecular weight is 275 g/mol. The highest BCUT2D eigenvalue weighted by molar-refractivity contribution is 5.32. The van der Waals surface area contributed by atoms with E-state index in [1.54, 1.807) is 0 Å². The highest BCUT2D eigenvalue weighted by Crippen LogP contribution is 2.19. The molecule has 0 aliphatic rings. The van der Waals surface area contributed by atoms with Crippen LogP contribution in [0.25, 0.3) is 0 Å². The molecule has 2 aromatic rings. The Morgan fingerprint density at radius 2 is 1.80 bits per heavy atom. The van der Waals surface area contributed by atoms with E-state index >= 15 is 0 Å². The molecule has 3 heteroatoms. The summed E-state index contributed by atoms with van der Waals surface area (Å²) >= 11 is 0. The van der Waals surface area contributed by atoms with Crippen LogP contribution in [0.1, 0.15) is 35.2 Å². The van der Waals surface area contributed by atoms with Crippen LogP contribution in [-0.4, -0.2) is 0 Å². The zero-order chi connectivity index (χ0) is 14.7. The summed E-state index contributed by atoms with van der Waals surface area (Å²) in [6.45, 7) is 6.54. The molecular formula is C17H19F2N. The van der Waals surface area contributed by atoms with Crippen molar-refractivity contribution < 1.29 is 8.78 Å². The van der Waals surface area contributed by atoms with Crippen LogP contribution in [0.2, 0.25) is 0 Å². The zero-order valence-corrected chi connectivity index (χ0v) is 12.0. The van der Waals surface area contributed by atoms with Crippen molar-refractivity contribution in [1.29, 1.82) is 0 Å². The molecule has 1 N–H and O–H groups in total. The van der Waals surface area contributed by atoms with Gasteiger partial charge in [-0.15, -0.1) is 0 Å². The van der Waals surface area contributed by atoms with Crippen molar-refractivity contribution >= 4 is 0 Å². The van der Waals surface area contributed by atoms with Crippen LogP contribution in [0, 0.1) is 25.5 Å². The molecule has 20 heavy (non-hydrogen) atoms. The molecule has 0 spiro atoms. The Bertz CT molecular complexity index is 608. The molecular weight excluding hydrogens is 256 g/mol. The molecule has 2 aromatic carbocycles. The van der Waals surface area contributed by atoms with Crippen molar-refractivity contribution in [3.63, 3.8) is 0 Å². The fourth-order valence-electron chi connectivity index (χ4n) is 2.35. The van der Waals surface area contributed by atoms with Crippen molar-refractivity contribution in [2.75, 3.05) is 0 Å². The molecule has 0 fully saturated rings. The Kier molecular flexibility index (Phi) is 4.50. The molecule has 1 atom stereocenters. The van der Waals surface area contributed by atoms with E-state index in [9.17, 15) is 8.78 Å². The Morgan fingerprint density at radius 3 is 2.45 bits per heavy atom. The standard InChI is InChI=1S/C17H19F2N/c1-11-4-7-16(12(2)8-11)13(3)20-10-14-5-6-15(18)9-17(14)19/h4-9,13,20H,10H2,1-3H3. The first-order valence-electron chi connectivity index (χ1n) is 6.72. The lowest BCUT2D eigenvalue weighted by atomic mass is 10.00. The Hall–Kier alpha value is -1.74. The molecule has 2 rings (SSSR count). The fourth-order valence-corrected chi connectivity index (χ4v) is 2.35. The van der Waals surface area contributed by atoms with Gasteiger partial charge in [0, 0.05) is 24.2 Å². The molecule has 106 valence electrons. The average Bonchev–Trinajstić information content (AvgIpc) is 2.37. The molecule has 0 saturated carbocycles. The zero-order valence-electron chi connectivity index (χ0n) is 12.0. The number of rotatable bonds is 4. The number of aryl methyl sites for hydroxylation is 2. The normalized spacial score (nSPS) is 12.4. The molecule has 0 saturated heterocycles. The van der Waals surface area contributed by atoms with Gasteiger partial charge in [-0.2, -0.15) is 0 Å². The van der Waals surface area contributed by atoms with E-state index in [-0.39, 0.29) is 6.04 Å². The van der Waals surface area contributed by atoms with Crippen molar-refractivity contribution in [2.24, 2.45) is 0 Å². The third-order valence-electron chi connectivity index (χ3n) is 3.51. The van der Waals surface area contributed by atoms with Crippen molar-refractivity contribution in [1.82, 2.24) is 5.32 Å². The summed E-state index contributed by atoms with van der Waals surface area (Å²) < 4.78 is 26.4. The second-order valence-electron chi connectivity index (χ2n) is 5.20. The smallest absolute Gasteiger partial charge is 0.130 e. The Labute approximate surface area is 118 Å². The van der Waals surface area contributed by atoms with E-state index in [0.717, 1.165) is 6.07 Å². The van der Waals surface area contributed by atoms with Gasteiger partial charge in [-0.1, -0.05) is 29.8 Å². The van der Waals surface area contributed by atoms with Crippen LogP contribution < -0.4 is 5.32 Å². The number of nitrogens with one attached hydrogen (secondary N) is 1. The maximum Gasteiger partial charge on any atom is 0.130 e. The van der Waals surface area contributed by atoms with Gasteiger partial charge in [0.2, 0.25) is 0 Å². The van der Waals surface area contributed by atoms with Gasteiger partial charge in [0.05, 0.1) is 0 Å². The lowest BCUT2D eigenvalue weighted by Crippen LogP contribution is -2.19. The maximum absolute atomic E-state index is 13.6. The fraction of sp³-hybridized carbons (Fsp3) is 0.294. The summed E-state index contributed by atoms with van der Waals surface area (Å²) in [5, 5.41) is 3.27. The van der Waals surface area contributed by atoms with E-state index in [4.69, 9.17) is 0 Å². The van der Waals surface area contributed by atoms with Gasteiger partial charge in [-0.05, 0) is 38.0 Å². The van der Waals surface area contributed by atoms with Crippen LogP contribution in [0.15, 0.2) is 36.4 Å². The van der Waals surface area contributed by atoms with Gasteiger partial charge in [0.1, 0.15) is 11.6 Å². The number of halogens is 2. The van der Waals surface area contributed by atoms with Crippen LogP contribution in [0.4, 0.5) is 8.78 Å². The SMILES string of the molecule is Cc1ccc(C(C)NCc2ccc(F)cc2F)c(C)c1. The van der Waals surface area contributed by atoms with Gasteiger partial charge in [-0.25, -0.2) is 8.78 Å². The lowest BCUT2D eigenvalue weighted by Gasteiger charge is -2.17. The van der Waals surface area contributed by atoms with E-state index in [1.807, 2.05) is 6.92 Å². The summed E-state index contributed by atoms with van der Waals surface area (Å²) in [7, 11) is 0. The van der Waals surface area contributed by atoms with Crippen molar-refractivity contribution in [3.05, 3.63) is 70.3 Å². The molecule has 0 aromatic heterocycles. The topological polar surface area (TPSA) is 12.0 Å². The Balaban J connectivity index is 2.06. The van der Waals surface area contributed by atoms with Crippen molar-refractivity contribution in [3.8, 4) is 0 Å². The molecule has 0 heterocycles. The predicted octanol–water partition coefficient (Wildman–Crippen LogP) is 4.43. The molecule has 1 nitrogen and oxygen atoms in total. The Morgan fingerprint density at radius 1 is 1.05 bits per heavy atom. The highest BCUT2D eigenvalue weighted by Gasteiger charge is 2.10. The first kappa shape index (κ1) is 14.7. The predicted molar refractivity (Wildman–Crippen MR) is 77.5 cm³/mol. The van der Waals surface area contributed by atoms with E-state index < -0.39 is 11.6 Å². The first-order valence-corrected chi connectivity index (χ1v) is 6.72. The number of benzene rings is 2. The monoisotopic (exact) mass is 275 g/mol. The van der Waals surface area contributed by atoms with Crippen molar-refractivity contribution in [2.45, 2.75) is 33.4 Å². The van der Waals surface area contributed by atoms with Crippen LogP contribution in [-0.2, 0) is 6.54 Å². The molecule has 0 aliphatic heterocycles. The van der Waals surface area contributed by atoms with Crippen LogP contribution >= 0.6 is 0 Å².